The number of amides is 1. The molecule has 0 saturated carbocycles. The van der Waals surface area contributed by atoms with Crippen LogP contribution in [0.2, 0.25) is 0 Å². The molecule has 108 valence electrons. The third kappa shape index (κ3) is 8.31. The second kappa shape index (κ2) is 8.32. The van der Waals surface area contributed by atoms with Crippen molar-refractivity contribution >= 4 is 6.09 Å². The zero-order chi connectivity index (χ0) is 14.2. The second-order valence-electron chi connectivity index (χ2n) is 5.03. The maximum atomic E-state index is 11.7. The first-order valence-corrected chi connectivity index (χ1v) is 6.47. The lowest BCUT2D eigenvalue weighted by molar-refractivity contribution is -0.140. The summed E-state index contributed by atoms with van der Waals surface area (Å²) in [5.74, 6) is 0. The van der Waals surface area contributed by atoms with Gasteiger partial charge in [0, 0.05) is 33.2 Å². The molecule has 0 unspecified atom stereocenters. The number of hydrogen-bond donors (Lipinski definition) is 0. The zero-order valence-corrected chi connectivity index (χ0v) is 12.5. The van der Waals surface area contributed by atoms with Crippen molar-refractivity contribution in [3.8, 4) is 0 Å². The minimum absolute atomic E-state index is 0.259. The summed E-state index contributed by atoms with van der Waals surface area (Å²) in [6.45, 7) is 11.1. The van der Waals surface area contributed by atoms with E-state index >= 15 is 0 Å². The van der Waals surface area contributed by atoms with Crippen LogP contribution in [0.25, 0.3) is 0 Å². The highest BCUT2D eigenvalue weighted by Crippen LogP contribution is 2.10. The van der Waals surface area contributed by atoms with Crippen molar-refractivity contribution in [2.45, 2.75) is 52.9 Å². The van der Waals surface area contributed by atoms with Gasteiger partial charge in [-0.2, -0.15) is 0 Å². The number of carbonyl (C=O) groups is 1. The zero-order valence-electron chi connectivity index (χ0n) is 12.5. The molecule has 0 spiro atoms. The molecule has 5 nitrogen and oxygen atoms in total. The summed E-state index contributed by atoms with van der Waals surface area (Å²) in [4.78, 5) is 13.2. The fourth-order valence-electron chi connectivity index (χ4n) is 1.32. The summed E-state index contributed by atoms with van der Waals surface area (Å²) in [7, 11) is 1.71. The molecule has 0 rings (SSSR count). The van der Waals surface area contributed by atoms with Crippen LogP contribution in [0.1, 0.15) is 41.0 Å². The van der Waals surface area contributed by atoms with Crippen LogP contribution >= 0.6 is 0 Å². The number of nitrogens with zero attached hydrogens (tertiary/aromatic N) is 1. The standard InChI is InChI=1S/C13H27NO4/c1-7-16-11(17-8-2)9-10-14(6)12(15)18-13(3,4)5/h11H,7-10H2,1-6H3. The number of hydrogen-bond acceptors (Lipinski definition) is 4. The molecule has 0 aliphatic heterocycles. The highest BCUT2D eigenvalue weighted by atomic mass is 16.7. The van der Waals surface area contributed by atoms with E-state index < -0.39 is 5.60 Å². The van der Waals surface area contributed by atoms with Crippen molar-refractivity contribution in [2.75, 3.05) is 26.8 Å². The topological polar surface area (TPSA) is 48.0 Å². The summed E-state index contributed by atoms with van der Waals surface area (Å²) in [6.07, 6.45) is 0.0522. The van der Waals surface area contributed by atoms with Gasteiger partial charge >= 0.3 is 6.09 Å². The lowest BCUT2D eigenvalue weighted by Gasteiger charge is -2.26. The van der Waals surface area contributed by atoms with Crippen LogP contribution in [-0.4, -0.2) is 49.7 Å². The first-order chi connectivity index (χ1) is 8.30. The van der Waals surface area contributed by atoms with Gasteiger partial charge in [-0.05, 0) is 34.6 Å². The molecule has 0 aliphatic carbocycles. The second-order valence-corrected chi connectivity index (χ2v) is 5.03. The van der Waals surface area contributed by atoms with Crippen LogP contribution in [0.3, 0.4) is 0 Å². The lowest BCUT2D eigenvalue weighted by atomic mass is 10.2. The molecule has 0 aromatic rings. The molecule has 18 heavy (non-hydrogen) atoms. The van der Waals surface area contributed by atoms with Crippen molar-refractivity contribution in [3.63, 3.8) is 0 Å². The van der Waals surface area contributed by atoms with E-state index in [4.69, 9.17) is 14.2 Å². The third-order valence-corrected chi connectivity index (χ3v) is 2.11. The van der Waals surface area contributed by atoms with Gasteiger partial charge in [-0.3, -0.25) is 0 Å². The highest BCUT2D eigenvalue weighted by Gasteiger charge is 2.20. The summed E-state index contributed by atoms with van der Waals surface area (Å²) in [6, 6.07) is 0. The molecule has 1 amide bonds. The Kier molecular flexibility index (Phi) is 7.95. The number of carbonyl (C=O) groups excluding carboxylic acids is 1. The van der Waals surface area contributed by atoms with Gasteiger partial charge in [-0.25, -0.2) is 4.79 Å². The molecule has 0 N–H and O–H groups in total. The van der Waals surface area contributed by atoms with Gasteiger partial charge in [0.05, 0.1) is 0 Å². The smallest absolute Gasteiger partial charge is 0.410 e. The van der Waals surface area contributed by atoms with Crippen LogP contribution in [0, 0.1) is 0 Å². The Morgan fingerprint density at radius 1 is 1.17 bits per heavy atom. The average Bonchev–Trinajstić information content (AvgIpc) is 2.23. The Labute approximate surface area is 110 Å². The molecule has 0 fully saturated rings. The molecular weight excluding hydrogens is 234 g/mol. The van der Waals surface area contributed by atoms with Crippen molar-refractivity contribution in [1.29, 1.82) is 0 Å². The van der Waals surface area contributed by atoms with E-state index in [1.54, 1.807) is 7.05 Å². The van der Waals surface area contributed by atoms with Gasteiger partial charge in [0.15, 0.2) is 6.29 Å². The van der Waals surface area contributed by atoms with Crippen LogP contribution in [-0.2, 0) is 14.2 Å². The molecule has 0 bridgehead atoms. The van der Waals surface area contributed by atoms with Gasteiger partial charge in [-0.1, -0.05) is 0 Å². The fraction of sp³-hybridized carbons (Fsp3) is 0.923. The monoisotopic (exact) mass is 261 g/mol. The Morgan fingerprint density at radius 2 is 1.67 bits per heavy atom. The lowest BCUT2D eigenvalue weighted by Crippen LogP contribution is -2.36. The first kappa shape index (κ1) is 17.2. The van der Waals surface area contributed by atoms with Gasteiger partial charge in [-0.15, -0.1) is 0 Å². The predicted molar refractivity (Wildman–Crippen MR) is 70.5 cm³/mol. The highest BCUT2D eigenvalue weighted by molar-refractivity contribution is 5.67. The molecule has 0 aromatic heterocycles. The average molecular weight is 261 g/mol. The molecule has 0 atom stereocenters. The normalized spacial score (nSPS) is 11.7. The van der Waals surface area contributed by atoms with Crippen LogP contribution in [0.4, 0.5) is 4.79 Å². The molecule has 5 heteroatoms. The van der Waals surface area contributed by atoms with Crippen LogP contribution in [0.5, 0.6) is 0 Å². The molecular formula is C13H27NO4. The van der Waals surface area contributed by atoms with E-state index in [9.17, 15) is 4.79 Å². The Bertz CT molecular complexity index is 232. The molecule has 0 aliphatic rings. The molecule has 0 aromatic carbocycles. The quantitative estimate of drug-likeness (QED) is 0.661. The SMILES string of the molecule is CCOC(CCN(C)C(=O)OC(C)(C)C)OCC. The largest absolute Gasteiger partial charge is 0.444 e. The Balaban J connectivity index is 4.06. The van der Waals surface area contributed by atoms with Crippen molar-refractivity contribution < 1.29 is 19.0 Å². The van der Waals surface area contributed by atoms with E-state index in [1.165, 1.54) is 4.90 Å². The summed E-state index contributed by atoms with van der Waals surface area (Å²) in [5, 5.41) is 0. The molecule has 0 radical (unpaired) electrons. The van der Waals surface area contributed by atoms with E-state index in [2.05, 4.69) is 0 Å². The summed E-state index contributed by atoms with van der Waals surface area (Å²) >= 11 is 0. The number of rotatable bonds is 7. The fourth-order valence-corrected chi connectivity index (χ4v) is 1.32. The number of ether oxygens (including phenoxy) is 3. The molecule has 0 heterocycles. The minimum atomic E-state index is -0.468. The minimum Gasteiger partial charge on any atom is -0.444 e. The van der Waals surface area contributed by atoms with E-state index in [0.717, 1.165) is 0 Å². The molecule has 0 saturated heterocycles. The van der Waals surface area contributed by atoms with Gasteiger partial charge in [0.2, 0.25) is 0 Å². The van der Waals surface area contributed by atoms with Crippen molar-refractivity contribution in [2.24, 2.45) is 0 Å². The van der Waals surface area contributed by atoms with Gasteiger partial charge in [0.1, 0.15) is 5.60 Å². The van der Waals surface area contributed by atoms with E-state index in [-0.39, 0.29) is 12.4 Å². The van der Waals surface area contributed by atoms with Gasteiger partial charge in [0.25, 0.3) is 0 Å². The Hall–Kier alpha value is -0.810. The van der Waals surface area contributed by atoms with E-state index in [1.807, 2.05) is 34.6 Å². The maximum absolute atomic E-state index is 11.7. The predicted octanol–water partition coefficient (Wildman–Crippen LogP) is 2.64. The third-order valence-electron chi connectivity index (χ3n) is 2.11. The van der Waals surface area contributed by atoms with E-state index in [0.29, 0.717) is 26.2 Å². The van der Waals surface area contributed by atoms with Gasteiger partial charge < -0.3 is 19.1 Å². The van der Waals surface area contributed by atoms with Crippen LogP contribution in [0.15, 0.2) is 0 Å². The Morgan fingerprint density at radius 3 is 2.06 bits per heavy atom. The van der Waals surface area contributed by atoms with Crippen molar-refractivity contribution in [3.05, 3.63) is 0 Å². The first-order valence-electron chi connectivity index (χ1n) is 6.47. The summed E-state index contributed by atoms with van der Waals surface area (Å²) in [5.41, 5.74) is -0.468. The maximum Gasteiger partial charge on any atom is 0.410 e. The van der Waals surface area contributed by atoms with Crippen molar-refractivity contribution in [1.82, 2.24) is 4.90 Å². The van der Waals surface area contributed by atoms with Crippen LogP contribution < -0.4 is 0 Å². The summed E-state index contributed by atoms with van der Waals surface area (Å²) < 4.78 is 16.1.